The maximum absolute atomic E-state index is 4.89. The second-order valence-corrected chi connectivity index (χ2v) is 14.0. The molecule has 4 unspecified atom stereocenters. The number of fused-ring (bicyclic) bond motifs is 1. The van der Waals surface area contributed by atoms with Gasteiger partial charge in [-0.2, -0.15) is 0 Å². The molecule has 0 aromatic rings. The van der Waals surface area contributed by atoms with E-state index in [9.17, 15) is 0 Å². The first-order valence-corrected chi connectivity index (χ1v) is 15.3. The van der Waals surface area contributed by atoms with Gasteiger partial charge >= 0.3 is 35.6 Å². The average molecular weight is 421 g/mol. The average Bonchev–Trinajstić information content (AvgIpc) is 2.95. The van der Waals surface area contributed by atoms with E-state index in [1.54, 1.807) is 0 Å². The van der Waals surface area contributed by atoms with Gasteiger partial charge in [0.15, 0.2) is 0 Å². The fourth-order valence-corrected chi connectivity index (χ4v) is 8.27. The van der Waals surface area contributed by atoms with Gasteiger partial charge in [-0.05, 0) is 29.7 Å². The number of allylic oxidation sites excluding steroid dienone is 5. The van der Waals surface area contributed by atoms with Crippen LogP contribution in [0.1, 0.15) is 6.42 Å². The van der Waals surface area contributed by atoms with Crippen LogP contribution in [0.3, 0.4) is 0 Å². The number of rotatable bonds is 3. The van der Waals surface area contributed by atoms with Gasteiger partial charge in [-0.3, -0.25) is 6.67 Å². The maximum atomic E-state index is 4.89. The van der Waals surface area contributed by atoms with Crippen molar-refractivity contribution in [1.29, 1.82) is 0 Å². The summed E-state index contributed by atoms with van der Waals surface area (Å²) in [6.07, 6.45) is 12.7. The molecule has 1 aliphatic heterocycles. The topological polar surface area (TPSA) is 31.4 Å². The minimum absolute atomic E-state index is 0. The van der Waals surface area contributed by atoms with Gasteiger partial charge in [0, 0.05) is 0 Å². The van der Waals surface area contributed by atoms with Crippen molar-refractivity contribution < 1.29 is 17.0 Å². The molecule has 7 heteroatoms. The summed E-state index contributed by atoms with van der Waals surface area (Å²) < 4.78 is 2.56. The first-order chi connectivity index (χ1) is 11.1. The van der Waals surface area contributed by atoms with Crippen molar-refractivity contribution in [1.82, 2.24) is 4.57 Å². The Labute approximate surface area is 165 Å². The van der Waals surface area contributed by atoms with Crippen LogP contribution < -0.4 is 0 Å². The molecule has 0 spiro atoms. The molecule has 2 aliphatic carbocycles. The van der Waals surface area contributed by atoms with Crippen LogP contribution in [-0.2, 0) is 17.0 Å². The number of hydrogen-bond donors (Lipinski definition) is 0. The Bertz CT molecular complexity index is 453. The predicted molar refractivity (Wildman–Crippen MR) is 106 cm³/mol. The molecule has 3 aliphatic rings. The zero-order valence-corrected chi connectivity index (χ0v) is 18.9. The van der Waals surface area contributed by atoms with E-state index in [2.05, 4.69) is 65.3 Å². The third kappa shape index (κ3) is 5.08. The van der Waals surface area contributed by atoms with Crippen LogP contribution in [0.4, 0.5) is 0 Å². The molecule has 0 N–H and O–H groups in total. The van der Waals surface area contributed by atoms with Gasteiger partial charge in [-0.15, -0.1) is 19.9 Å². The third-order valence-electron chi connectivity index (χ3n) is 5.39. The molecule has 0 bridgehead atoms. The fraction of sp³-hybridized carbons (Fsp3) is 0.588. The van der Waals surface area contributed by atoms with Crippen LogP contribution in [-0.4, -0.2) is 32.8 Å². The molecule has 1 saturated heterocycles. The van der Waals surface area contributed by atoms with E-state index < -0.39 is 25.3 Å². The molecule has 2 fully saturated rings. The quantitative estimate of drug-likeness (QED) is 0.318. The van der Waals surface area contributed by atoms with Crippen molar-refractivity contribution in [3.05, 3.63) is 55.0 Å². The van der Waals surface area contributed by atoms with Crippen LogP contribution in [0.15, 0.2) is 37.0 Å². The molecule has 0 amide bonds. The molecule has 3 nitrogen and oxygen atoms in total. The fourth-order valence-electron chi connectivity index (χ4n) is 4.30. The Hall–Kier alpha value is 0.611. The Morgan fingerprint density at radius 3 is 2.38 bits per heavy atom. The van der Waals surface area contributed by atoms with Gasteiger partial charge in [0.05, 0.1) is 0 Å². The molecule has 24 heavy (non-hydrogen) atoms. The van der Waals surface area contributed by atoms with Crippen LogP contribution in [0, 0.1) is 25.2 Å². The van der Waals surface area contributed by atoms with Gasteiger partial charge in [0.25, 0.3) is 0 Å². The molecular weight excluding hydrogens is 393 g/mol. The molecule has 0 radical (unpaired) electrons. The first kappa shape index (κ1) is 22.7. The summed E-state index contributed by atoms with van der Waals surface area (Å²) in [5, 5.41) is 8.97. The van der Waals surface area contributed by atoms with E-state index >= 15 is 0 Å². The van der Waals surface area contributed by atoms with E-state index in [-0.39, 0.29) is 7.43 Å². The Morgan fingerprint density at radius 1 is 1.21 bits per heavy atom. The monoisotopic (exact) mass is 420 g/mol. The van der Waals surface area contributed by atoms with E-state index in [4.69, 9.17) is 18.6 Å². The molecule has 4 atom stereocenters. The van der Waals surface area contributed by atoms with Gasteiger partial charge in [0.1, 0.15) is 8.24 Å². The van der Waals surface area contributed by atoms with E-state index in [0.29, 0.717) is 24.4 Å². The molecule has 1 saturated carbocycles. The number of halogens is 2. The normalized spacial score (nSPS) is 32.5. The summed E-state index contributed by atoms with van der Waals surface area (Å²) in [5.41, 5.74) is 0.731. The number of hydrogen-bond acceptors (Lipinski definition) is 1. The van der Waals surface area contributed by atoms with Crippen LogP contribution in [0.5, 0.6) is 0 Å². The molecule has 3 rings (SSSR count). The minimum atomic E-state index is -1.57. The third-order valence-corrected chi connectivity index (χ3v) is 9.75. The van der Waals surface area contributed by atoms with Crippen molar-refractivity contribution >= 4 is 26.8 Å². The molecular formula is C17H28Cl2N3SiTi+. The summed E-state index contributed by atoms with van der Waals surface area (Å²) in [6.45, 7) is 11.6. The number of nitrogens with zero attached hydrogens (tertiary/aromatic N) is 3. The molecule has 1 heterocycles. The Balaban J connectivity index is 0.000000671. The van der Waals surface area contributed by atoms with E-state index in [1.807, 2.05) is 0 Å². The van der Waals surface area contributed by atoms with Crippen molar-refractivity contribution in [3.8, 4) is 0 Å². The van der Waals surface area contributed by atoms with Crippen LogP contribution in [0.25, 0.3) is 10.6 Å². The van der Waals surface area contributed by atoms with Gasteiger partial charge in [0.2, 0.25) is 0 Å². The van der Waals surface area contributed by atoms with E-state index in [0.717, 1.165) is 18.9 Å². The Kier molecular flexibility index (Phi) is 10.1. The van der Waals surface area contributed by atoms with Crippen molar-refractivity contribution in [3.63, 3.8) is 0 Å². The van der Waals surface area contributed by atoms with Gasteiger partial charge < -0.3 is 22.6 Å². The molecule has 0 aromatic heterocycles. The van der Waals surface area contributed by atoms with E-state index in [1.165, 1.54) is 6.42 Å². The van der Waals surface area contributed by atoms with Gasteiger partial charge in [-0.1, -0.05) is 43.5 Å². The molecule has 0 aromatic carbocycles. The Morgan fingerprint density at radius 2 is 1.79 bits per heavy atom. The molecule has 132 valence electrons. The summed E-state index contributed by atoms with van der Waals surface area (Å²) in [4.78, 5) is 0. The first-order valence-electron chi connectivity index (χ1n) is 8.01. The second-order valence-electron chi connectivity index (χ2n) is 6.81. The van der Waals surface area contributed by atoms with Crippen molar-refractivity contribution in [2.24, 2.45) is 17.8 Å². The standard InChI is InChI=1S/C16H25N3Si.CH3.2ClH.Ti/c1-4-13-9-14-7-5-6-8-15(14)16(13)20(2,3)19-11-17-10-18-12-19;;;;/h4-8,13-16H,1,9-12H2,2-3H3;1H3;2*1H;/q-2;-1;;;+6/p-2. The SMILES string of the molecule is C=CC1CC2C=CC=CC2C1[Si](C)(C)N1C[N-]C[N-]C1.[CH3-].[Cl][Ti+4][Cl]. The zero-order chi connectivity index (χ0) is 16.9. The summed E-state index contributed by atoms with van der Waals surface area (Å²) in [5.74, 6) is 2.03. The second kappa shape index (κ2) is 10.7. The van der Waals surface area contributed by atoms with Gasteiger partial charge in [-0.25, -0.2) is 0 Å². The zero-order valence-electron chi connectivity index (χ0n) is 14.8. The van der Waals surface area contributed by atoms with Crippen LogP contribution in [0.2, 0.25) is 18.6 Å². The van der Waals surface area contributed by atoms with Crippen molar-refractivity contribution in [2.75, 3.05) is 20.0 Å². The van der Waals surface area contributed by atoms with Crippen LogP contribution >= 0.6 is 18.6 Å². The predicted octanol–water partition coefficient (Wildman–Crippen LogP) is 5.89. The summed E-state index contributed by atoms with van der Waals surface area (Å²) in [7, 11) is 8.21. The summed E-state index contributed by atoms with van der Waals surface area (Å²) >= 11 is -0.556. The van der Waals surface area contributed by atoms with Crippen molar-refractivity contribution in [2.45, 2.75) is 25.1 Å². The summed E-state index contributed by atoms with van der Waals surface area (Å²) in [6, 6.07) is 0.